The fourth-order valence-electron chi connectivity index (χ4n) is 0.546. The molecule has 0 aromatic carbocycles. The number of nitrogens with two attached hydrogens (primary N) is 1. The molecule has 1 atom stereocenters. The van der Waals surface area contributed by atoms with Gasteiger partial charge < -0.3 is 10.2 Å². The van der Waals surface area contributed by atoms with Crippen LogP contribution in [0.5, 0.6) is 0 Å². The molecule has 0 spiro atoms. The molecule has 68 valence electrons. The summed E-state index contributed by atoms with van der Waals surface area (Å²) in [5, 5.41) is 16.5. The minimum absolute atomic E-state index is 0. The van der Waals surface area contributed by atoms with Crippen LogP contribution in [0, 0.1) is 0 Å². The summed E-state index contributed by atoms with van der Waals surface area (Å²) in [6, 6.07) is -0.980. The quantitative estimate of drug-likeness (QED) is 0.222. The molecule has 0 aromatic rings. The van der Waals surface area contributed by atoms with E-state index in [1.807, 2.05) is 5.43 Å². The van der Waals surface area contributed by atoms with Crippen molar-refractivity contribution in [3.63, 3.8) is 0 Å². The van der Waals surface area contributed by atoms with E-state index >= 15 is 0 Å². The summed E-state index contributed by atoms with van der Waals surface area (Å²) < 4.78 is 0. The normalized spacial score (nSPS) is 11.4. The van der Waals surface area contributed by atoms with E-state index in [1.165, 1.54) is 0 Å². The number of hydrogen-bond donors (Lipinski definition) is 4. The van der Waals surface area contributed by atoms with Gasteiger partial charge in [-0.1, -0.05) is 0 Å². The number of nitrogens with one attached hydrogen (secondary N) is 1. The molecule has 5 N–H and O–H groups in total. The van der Waals surface area contributed by atoms with Crippen molar-refractivity contribution in [3.8, 4) is 0 Å². The smallest absolute Gasteiger partial charge is 0.322 e. The van der Waals surface area contributed by atoms with E-state index < -0.39 is 18.0 Å². The predicted octanol–water partition coefficient (Wildman–Crippen LogP) is -2.15. The fraction of sp³-hybridized carbons (Fsp3) is 0.600. The van der Waals surface area contributed by atoms with Gasteiger partial charge in [-0.15, -0.1) is 0 Å². The van der Waals surface area contributed by atoms with E-state index in [2.05, 4.69) is 0 Å². The van der Waals surface area contributed by atoms with E-state index in [0.29, 0.717) is 0 Å². The molecule has 0 heterocycles. The Kier molecular flexibility index (Phi) is 8.60. The Morgan fingerprint density at radius 2 is 1.92 bits per heavy atom. The highest BCUT2D eigenvalue weighted by Gasteiger charge is 2.15. The lowest BCUT2D eigenvalue weighted by Crippen LogP contribution is -2.41. The molecule has 0 aliphatic carbocycles. The average Bonchev–Trinajstić information content (AvgIpc) is 1.87. The molecule has 1 unspecified atom stereocenters. The minimum Gasteiger partial charge on any atom is -0.481 e. The van der Waals surface area contributed by atoms with E-state index in [4.69, 9.17) is 16.1 Å². The molecule has 0 aliphatic rings. The highest BCUT2D eigenvalue weighted by molar-refractivity contribution is 5.75. The zero-order valence-corrected chi connectivity index (χ0v) is 5.78. The van der Waals surface area contributed by atoms with Crippen LogP contribution in [0.25, 0.3) is 0 Å². The molecule has 0 fully saturated rings. The largest absolute Gasteiger partial charge is 0.481 e. The third-order valence-corrected chi connectivity index (χ3v) is 1.15. The first-order valence-corrected chi connectivity index (χ1v) is 2.98. The lowest BCUT2D eigenvalue weighted by atomic mass is 10.2. The van der Waals surface area contributed by atoms with Crippen LogP contribution in [-0.4, -0.2) is 51.2 Å². The maximum atomic E-state index is 10.2. The summed E-state index contributed by atoms with van der Waals surface area (Å²) >= 11 is 0. The van der Waals surface area contributed by atoms with Crippen LogP contribution in [0.3, 0.4) is 0 Å². The van der Waals surface area contributed by atoms with Crippen LogP contribution in [0.4, 0.5) is 0 Å². The predicted molar refractivity (Wildman–Crippen MR) is 44.2 cm³/mol. The van der Waals surface area contributed by atoms with Crippen LogP contribution in [-0.2, 0) is 9.59 Å². The van der Waals surface area contributed by atoms with Gasteiger partial charge in [0.1, 0.15) is 6.04 Å². The van der Waals surface area contributed by atoms with E-state index in [9.17, 15) is 9.59 Å². The van der Waals surface area contributed by atoms with Gasteiger partial charge >= 0.3 is 35.0 Å². The molecule has 0 saturated carbocycles. The molecular weight excluding hydrogens is 176 g/mol. The van der Waals surface area contributed by atoms with Crippen LogP contribution >= 0.6 is 0 Å². The number of hydrazine groups is 1. The van der Waals surface area contributed by atoms with Gasteiger partial charge in [0.25, 0.3) is 0 Å². The van der Waals surface area contributed by atoms with Crippen molar-refractivity contribution < 1.29 is 19.8 Å². The first-order chi connectivity index (χ1) is 5.07. The van der Waals surface area contributed by atoms with Crippen molar-refractivity contribution in [2.45, 2.75) is 18.9 Å². The Morgan fingerprint density at radius 1 is 1.42 bits per heavy atom. The topological polar surface area (TPSA) is 113 Å². The van der Waals surface area contributed by atoms with Gasteiger partial charge in [0.15, 0.2) is 0 Å². The van der Waals surface area contributed by atoms with E-state index in [0.717, 1.165) is 0 Å². The molecule has 0 amide bonds. The van der Waals surface area contributed by atoms with E-state index in [1.54, 1.807) is 0 Å². The van der Waals surface area contributed by atoms with Gasteiger partial charge in [0.2, 0.25) is 0 Å². The highest BCUT2D eigenvalue weighted by Crippen LogP contribution is 1.95. The number of carboxylic acid groups (broad SMARTS) is 2. The molecule has 0 saturated heterocycles. The number of rotatable bonds is 5. The maximum Gasteiger partial charge on any atom is 0.322 e. The number of aliphatic carboxylic acids is 2. The van der Waals surface area contributed by atoms with Gasteiger partial charge in [0.05, 0.1) is 0 Å². The monoisotopic (exact) mass is 188 g/mol. The Balaban J connectivity index is 0. The third kappa shape index (κ3) is 6.34. The minimum atomic E-state index is -1.14. The SMILES string of the molecule is NNC(CCC(=O)O)C(=O)O.[MgH2]. The van der Waals surface area contributed by atoms with E-state index in [-0.39, 0.29) is 35.9 Å². The summed E-state index contributed by atoms with van der Waals surface area (Å²) in [7, 11) is 0. The molecule has 0 aromatic heterocycles. The summed E-state index contributed by atoms with van der Waals surface area (Å²) in [5.74, 6) is 2.66. The lowest BCUT2D eigenvalue weighted by Gasteiger charge is -2.07. The average molecular weight is 188 g/mol. The second-order valence-electron chi connectivity index (χ2n) is 1.99. The zero-order chi connectivity index (χ0) is 8.85. The van der Waals surface area contributed by atoms with Crippen LogP contribution < -0.4 is 11.3 Å². The second-order valence-corrected chi connectivity index (χ2v) is 1.99. The van der Waals surface area contributed by atoms with Crippen molar-refractivity contribution in [2.75, 3.05) is 0 Å². The standard InChI is InChI=1S/C5H10N2O4.Mg.2H/c6-7-3(5(10)11)1-2-4(8)9;;;/h3,7H,1-2,6H2,(H,8,9)(H,10,11);;;. The molecule has 6 nitrogen and oxygen atoms in total. The van der Waals surface area contributed by atoms with Gasteiger partial charge in [-0.25, -0.2) is 5.43 Å². The van der Waals surface area contributed by atoms with Crippen LogP contribution in [0.1, 0.15) is 12.8 Å². The molecule has 12 heavy (non-hydrogen) atoms. The third-order valence-electron chi connectivity index (χ3n) is 1.15. The first-order valence-electron chi connectivity index (χ1n) is 2.98. The molecule has 0 rings (SSSR count). The summed E-state index contributed by atoms with van der Waals surface area (Å²) in [5.41, 5.74) is 1.99. The molecule has 0 radical (unpaired) electrons. The molecule has 7 heteroatoms. The molecule has 0 bridgehead atoms. The van der Waals surface area contributed by atoms with Gasteiger partial charge in [0, 0.05) is 6.42 Å². The first kappa shape index (κ1) is 14.2. The van der Waals surface area contributed by atoms with Gasteiger partial charge in [-0.3, -0.25) is 15.4 Å². The number of hydrogen-bond acceptors (Lipinski definition) is 4. The van der Waals surface area contributed by atoms with Crippen molar-refractivity contribution >= 4 is 35.0 Å². The Bertz CT molecular complexity index is 164. The summed E-state index contributed by atoms with van der Waals surface area (Å²) in [6.45, 7) is 0. The highest BCUT2D eigenvalue weighted by atomic mass is 24.3. The Morgan fingerprint density at radius 3 is 2.17 bits per heavy atom. The van der Waals surface area contributed by atoms with Crippen molar-refractivity contribution in [1.82, 2.24) is 5.43 Å². The van der Waals surface area contributed by atoms with Crippen LogP contribution in [0.15, 0.2) is 0 Å². The lowest BCUT2D eigenvalue weighted by molar-refractivity contribution is -0.140. The van der Waals surface area contributed by atoms with Gasteiger partial charge in [-0.05, 0) is 6.42 Å². The number of carbonyl (C=O) groups is 2. The Labute approximate surface area is 85.2 Å². The molecule has 0 aliphatic heterocycles. The summed E-state index contributed by atoms with van der Waals surface area (Å²) in [4.78, 5) is 20.2. The fourth-order valence-corrected chi connectivity index (χ4v) is 0.546. The Hall–Kier alpha value is -0.374. The molecular formula is C5H12MgN2O4. The van der Waals surface area contributed by atoms with Crippen molar-refractivity contribution in [3.05, 3.63) is 0 Å². The zero-order valence-electron chi connectivity index (χ0n) is 5.78. The maximum absolute atomic E-state index is 10.2. The second kappa shape index (κ2) is 7.28. The summed E-state index contributed by atoms with van der Waals surface area (Å²) in [6.07, 6.45) is -0.220. The van der Waals surface area contributed by atoms with Crippen molar-refractivity contribution in [2.24, 2.45) is 5.84 Å². The van der Waals surface area contributed by atoms with Crippen molar-refractivity contribution in [1.29, 1.82) is 0 Å². The van der Waals surface area contributed by atoms with Crippen LogP contribution in [0.2, 0.25) is 0 Å². The van der Waals surface area contributed by atoms with Gasteiger partial charge in [-0.2, -0.15) is 0 Å². The number of carboxylic acids is 2.